The highest BCUT2D eigenvalue weighted by atomic mass is 35.5. The van der Waals surface area contributed by atoms with Crippen molar-refractivity contribution in [2.24, 2.45) is 0 Å². The first-order valence-electron chi connectivity index (χ1n) is 7.47. The number of nitrogens with one attached hydrogen (secondary N) is 2. The Morgan fingerprint density at radius 2 is 2.00 bits per heavy atom. The third kappa shape index (κ3) is 5.23. The molecule has 0 atom stereocenters. The molecule has 2 rings (SSSR count). The molecule has 130 valence electrons. The minimum Gasteiger partial charge on any atom is -0.353 e. The van der Waals surface area contributed by atoms with Gasteiger partial charge >= 0.3 is 6.18 Å². The van der Waals surface area contributed by atoms with E-state index in [4.69, 9.17) is 11.6 Å². The standard InChI is InChI=1S/C15H17ClF3N5/c1-2-3-4-7-20-14-23-13(9-21-24-14)22-10-5-6-12(16)11(8-10)15(17,18)19/h5-6,8-9H,2-4,7H2,1H3,(H2,20,22,23,24). The molecule has 2 aromatic rings. The molecule has 0 aliphatic carbocycles. The summed E-state index contributed by atoms with van der Waals surface area (Å²) >= 11 is 5.60. The molecular formula is C15H17ClF3N5. The van der Waals surface area contributed by atoms with E-state index >= 15 is 0 Å². The largest absolute Gasteiger partial charge is 0.417 e. The first-order chi connectivity index (χ1) is 11.4. The molecule has 0 saturated carbocycles. The second-order valence-electron chi connectivity index (χ2n) is 5.12. The van der Waals surface area contributed by atoms with Crippen LogP contribution in [0.15, 0.2) is 24.4 Å². The van der Waals surface area contributed by atoms with Crippen LogP contribution in [-0.4, -0.2) is 21.7 Å². The van der Waals surface area contributed by atoms with E-state index in [2.05, 4.69) is 32.7 Å². The quantitative estimate of drug-likeness (QED) is 0.689. The second kappa shape index (κ2) is 8.14. The Morgan fingerprint density at radius 1 is 1.21 bits per heavy atom. The van der Waals surface area contributed by atoms with Crippen molar-refractivity contribution >= 4 is 29.1 Å². The summed E-state index contributed by atoms with van der Waals surface area (Å²) < 4.78 is 38.6. The number of unbranched alkanes of at least 4 members (excludes halogenated alkanes) is 2. The van der Waals surface area contributed by atoms with Crippen molar-refractivity contribution < 1.29 is 13.2 Å². The third-order valence-electron chi connectivity index (χ3n) is 3.17. The van der Waals surface area contributed by atoms with Crippen molar-refractivity contribution in [1.29, 1.82) is 0 Å². The number of rotatable bonds is 7. The highest BCUT2D eigenvalue weighted by molar-refractivity contribution is 6.31. The number of alkyl halides is 3. The molecule has 0 saturated heterocycles. The Morgan fingerprint density at radius 3 is 2.71 bits per heavy atom. The average Bonchev–Trinajstić information content (AvgIpc) is 2.53. The second-order valence-corrected chi connectivity index (χ2v) is 5.52. The average molecular weight is 360 g/mol. The van der Waals surface area contributed by atoms with Gasteiger partial charge in [0, 0.05) is 12.2 Å². The SMILES string of the molecule is CCCCCNc1nncc(Nc2ccc(Cl)c(C(F)(F)F)c2)n1. The minimum atomic E-state index is -4.52. The first-order valence-corrected chi connectivity index (χ1v) is 7.85. The normalized spacial score (nSPS) is 11.4. The van der Waals surface area contributed by atoms with Gasteiger partial charge in [-0.2, -0.15) is 23.3 Å². The van der Waals surface area contributed by atoms with Crippen molar-refractivity contribution in [3.8, 4) is 0 Å². The van der Waals surface area contributed by atoms with Crippen LogP contribution >= 0.6 is 11.6 Å². The molecule has 24 heavy (non-hydrogen) atoms. The van der Waals surface area contributed by atoms with E-state index in [1.807, 2.05) is 0 Å². The third-order valence-corrected chi connectivity index (χ3v) is 3.50. The van der Waals surface area contributed by atoms with Crippen molar-refractivity contribution in [3.05, 3.63) is 35.0 Å². The molecule has 1 aromatic heterocycles. The van der Waals surface area contributed by atoms with Gasteiger partial charge in [0.05, 0.1) is 16.8 Å². The molecule has 0 unspecified atom stereocenters. The molecule has 9 heteroatoms. The number of hydrogen-bond acceptors (Lipinski definition) is 5. The van der Waals surface area contributed by atoms with E-state index in [1.54, 1.807) is 0 Å². The molecule has 5 nitrogen and oxygen atoms in total. The molecule has 0 aliphatic rings. The molecule has 0 aliphatic heterocycles. The fourth-order valence-electron chi connectivity index (χ4n) is 1.98. The fraction of sp³-hybridized carbons (Fsp3) is 0.400. The molecule has 0 bridgehead atoms. The maximum atomic E-state index is 12.9. The van der Waals surface area contributed by atoms with E-state index in [0.717, 1.165) is 25.3 Å². The van der Waals surface area contributed by atoms with Crippen LogP contribution in [0.5, 0.6) is 0 Å². The summed E-state index contributed by atoms with van der Waals surface area (Å²) in [6.45, 7) is 2.81. The fourth-order valence-corrected chi connectivity index (χ4v) is 2.21. The van der Waals surface area contributed by atoms with Crippen molar-refractivity contribution in [2.45, 2.75) is 32.4 Å². The van der Waals surface area contributed by atoms with Gasteiger partial charge in [-0.15, -0.1) is 5.10 Å². The van der Waals surface area contributed by atoms with Gasteiger partial charge in [0.15, 0.2) is 5.82 Å². The van der Waals surface area contributed by atoms with Gasteiger partial charge in [-0.3, -0.25) is 0 Å². The zero-order chi connectivity index (χ0) is 17.6. The maximum Gasteiger partial charge on any atom is 0.417 e. The lowest BCUT2D eigenvalue weighted by Gasteiger charge is -2.12. The van der Waals surface area contributed by atoms with E-state index in [-0.39, 0.29) is 10.7 Å². The summed E-state index contributed by atoms with van der Waals surface area (Å²) in [5.41, 5.74) is -0.696. The van der Waals surface area contributed by atoms with Gasteiger partial charge in [0.2, 0.25) is 5.95 Å². The van der Waals surface area contributed by atoms with Crippen LogP contribution in [0.4, 0.5) is 30.6 Å². The van der Waals surface area contributed by atoms with Gasteiger partial charge < -0.3 is 10.6 Å². The predicted octanol–water partition coefficient (Wildman–Crippen LogP) is 4.89. The number of benzene rings is 1. The molecule has 0 spiro atoms. The van der Waals surface area contributed by atoms with Crippen molar-refractivity contribution in [3.63, 3.8) is 0 Å². The first kappa shape index (κ1) is 18.3. The lowest BCUT2D eigenvalue weighted by Crippen LogP contribution is -2.09. The maximum absolute atomic E-state index is 12.9. The summed E-state index contributed by atoms with van der Waals surface area (Å²) in [6.07, 6.45) is -0.0305. The Balaban J connectivity index is 2.08. The highest BCUT2D eigenvalue weighted by Gasteiger charge is 2.33. The summed E-state index contributed by atoms with van der Waals surface area (Å²) in [5.74, 6) is 0.611. The van der Waals surface area contributed by atoms with Crippen LogP contribution in [0.25, 0.3) is 0 Å². The number of hydrogen-bond donors (Lipinski definition) is 2. The van der Waals surface area contributed by atoms with Crippen LogP contribution in [0, 0.1) is 0 Å². The van der Waals surface area contributed by atoms with Gasteiger partial charge in [0.1, 0.15) is 0 Å². The highest BCUT2D eigenvalue weighted by Crippen LogP contribution is 2.36. The monoisotopic (exact) mass is 359 g/mol. The van der Waals surface area contributed by atoms with Gasteiger partial charge in [-0.05, 0) is 24.6 Å². The van der Waals surface area contributed by atoms with E-state index < -0.39 is 11.7 Å². The zero-order valence-corrected chi connectivity index (χ0v) is 13.7. The van der Waals surface area contributed by atoms with Crippen LogP contribution in [0.1, 0.15) is 31.7 Å². The van der Waals surface area contributed by atoms with E-state index in [0.29, 0.717) is 18.3 Å². The van der Waals surface area contributed by atoms with Gasteiger partial charge in [-0.25, -0.2) is 0 Å². The van der Waals surface area contributed by atoms with Gasteiger partial charge in [-0.1, -0.05) is 31.4 Å². The molecule has 2 N–H and O–H groups in total. The number of halogens is 4. The summed E-state index contributed by atoms with van der Waals surface area (Å²) in [7, 11) is 0. The molecule has 1 heterocycles. The molecule has 0 fully saturated rings. The molecular weight excluding hydrogens is 343 g/mol. The van der Waals surface area contributed by atoms with Crippen LogP contribution in [0.2, 0.25) is 5.02 Å². The smallest absolute Gasteiger partial charge is 0.353 e. The number of nitrogens with zero attached hydrogens (tertiary/aromatic N) is 3. The molecule has 0 radical (unpaired) electrons. The Hall–Kier alpha value is -2.09. The zero-order valence-electron chi connectivity index (χ0n) is 13.0. The van der Waals surface area contributed by atoms with Crippen LogP contribution in [-0.2, 0) is 6.18 Å². The summed E-state index contributed by atoms with van der Waals surface area (Å²) in [5, 5.41) is 13.1. The summed E-state index contributed by atoms with van der Waals surface area (Å²) in [4.78, 5) is 4.17. The topological polar surface area (TPSA) is 62.7 Å². The van der Waals surface area contributed by atoms with Crippen LogP contribution in [0.3, 0.4) is 0 Å². The van der Waals surface area contributed by atoms with E-state index in [9.17, 15) is 13.2 Å². The minimum absolute atomic E-state index is 0.212. The number of anilines is 3. The van der Waals surface area contributed by atoms with Gasteiger partial charge in [0.25, 0.3) is 0 Å². The lowest BCUT2D eigenvalue weighted by molar-refractivity contribution is -0.137. The van der Waals surface area contributed by atoms with Crippen molar-refractivity contribution in [1.82, 2.24) is 15.2 Å². The Kier molecular flexibility index (Phi) is 6.19. The lowest BCUT2D eigenvalue weighted by atomic mass is 10.2. The van der Waals surface area contributed by atoms with Crippen LogP contribution < -0.4 is 10.6 Å². The Labute approximate surface area is 142 Å². The number of aromatic nitrogens is 3. The predicted molar refractivity (Wildman–Crippen MR) is 87.6 cm³/mol. The molecule has 0 amide bonds. The molecule has 1 aromatic carbocycles. The van der Waals surface area contributed by atoms with Crippen molar-refractivity contribution in [2.75, 3.05) is 17.2 Å². The summed E-state index contributed by atoms with van der Waals surface area (Å²) in [6, 6.07) is 3.55. The Bertz CT molecular complexity index is 678. The van der Waals surface area contributed by atoms with E-state index in [1.165, 1.54) is 18.3 Å².